The van der Waals surface area contributed by atoms with E-state index in [4.69, 9.17) is 0 Å². The molecule has 0 saturated carbocycles. The molecule has 202 valence electrons. The minimum Gasteiger partial charge on any atom is -0.354 e. The van der Waals surface area contributed by atoms with E-state index >= 15 is 0 Å². The summed E-state index contributed by atoms with van der Waals surface area (Å²) in [7, 11) is 0. The molecule has 7 rings (SSSR count). The molecule has 6 heteroatoms. The minimum absolute atomic E-state index is 0.181. The predicted molar refractivity (Wildman–Crippen MR) is 165 cm³/mol. The van der Waals surface area contributed by atoms with E-state index in [1.165, 1.54) is 12.1 Å². The molecule has 2 heterocycles. The second kappa shape index (κ2) is 11.5. The van der Waals surface area contributed by atoms with Gasteiger partial charge in [-0.15, -0.1) is 0 Å². The second-order valence-electron chi connectivity index (χ2n) is 8.48. The van der Waals surface area contributed by atoms with Gasteiger partial charge in [0.05, 0.1) is 22.2 Å². The minimum atomic E-state index is -0.364. The Hall–Kier alpha value is -4.84. The lowest BCUT2D eigenvalue weighted by molar-refractivity contribution is 0.0981. The van der Waals surface area contributed by atoms with Crippen molar-refractivity contribution in [2.45, 2.75) is 41.5 Å². The molecule has 0 fully saturated rings. The van der Waals surface area contributed by atoms with Gasteiger partial charge in [-0.05, 0) is 48.5 Å². The van der Waals surface area contributed by atoms with Crippen LogP contribution in [0.25, 0.3) is 43.6 Å². The molecular weight excluding hydrogens is 500 g/mol. The molecule has 0 aliphatic heterocycles. The maximum atomic E-state index is 13.7. The van der Waals surface area contributed by atoms with E-state index < -0.39 is 0 Å². The summed E-state index contributed by atoms with van der Waals surface area (Å²) in [4.78, 5) is 60.1. The van der Waals surface area contributed by atoms with Crippen LogP contribution in [0.5, 0.6) is 0 Å². The lowest BCUT2D eigenvalue weighted by Crippen LogP contribution is -2.24. The molecule has 0 atom stereocenters. The van der Waals surface area contributed by atoms with E-state index in [1.54, 1.807) is 60.7 Å². The number of rotatable bonds is 0. The molecule has 0 unspecified atom stereocenters. The van der Waals surface area contributed by atoms with Crippen LogP contribution in [-0.2, 0) is 0 Å². The van der Waals surface area contributed by atoms with Crippen LogP contribution < -0.4 is 10.9 Å². The molecule has 2 aromatic heterocycles. The molecule has 1 aliphatic rings. The maximum Gasteiger partial charge on any atom is 0.197 e. The van der Waals surface area contributed by atoms with Crippen molar-refractivity contribution in [3.63, 3.8) is 0 Å². The van der Waals surface area contributed by atoms with E-state index in [0.717, 1.165) is 0 Å². The standard InChI is InChI=1S/C28H14N2O4.3C2H6/c31-25-13-5-1-3-7-19(13)29-23-17(25)11-9-15-21(23)27(33)16-10-12-18-24(22(16)28(15)34)30-20-8-4-2-6-14(20)26(18)32;3*1-2/h1-12H,(H,29,31)(H,30,32);3*1-2H3. The van der Waals surface area contributed by atoms with Crippen molar-refractivity contribution < 1.29 is 9.59 Å². The van der Waals surface area contributed by atoms with Crippen molar-refractivity contribution in [2.24, 2.45) is 0 Å². The van der Waals surface area contributed by atoms with E-state index in [2.05, 4.69) is 9.97 Å². The summed E-state index contributed by atoms with van der Waals surface area (Å²) < 4.78 is 0. The number of nitrogens with one attached hydrogen (secondary N) is 2. The lowest BCUT2D eigenvalue weighted by Gasteiger charge is -2.20. The maximum absolute atomic E-state index is 13.7. The number of carbonyl (C=O) groups is 2. The highest BCUT2D eigenvalue weighted by atomic mass is 16.1. The Kier molecular flexibility index (Phi) is 8.10. The van der Waals surface area contributed by atoms with Crippen molar-refractivity contribution in [3.8, 4) is 0 Å². The summed E-state index contributed by atoms with van der Waals surface area (Å²) in [6, 6.07) is 20.4. The molecule has 0 amide bonds. The first-order valence-corrected chi connectivity index (χ1v) is 13.8. The molecule has 1 aliphatic carbocycles. The molecule has 4 aromatic carbocycles. The smallest absolute Gasteiger partial charge is 0.197 e. The number of hydrogen-bond acceptors (Lipinski definition) is 4. The Morgan fingerprint density at radius 3 is 1.15 bits per heavy atom. The molecule has 40 heavy (non-hydrogen) atoms. The number of fused-ring (bicyclic) bond motifs is 8. The van der Waals surface area contributed by atoms with E-state index in [9.17, 15) is 19.2 Å². The van der Waals surface area contributed by atoms with Crippen LogP contribution in [0, 0.1) is 0 Å². The van der Waals surface area contributed by atoms with Gasteiger partial charge < -0.3 is 9.97 Å². The van der Waals surface area contributed by atoms with Crippen molar-refractivity contribution in [1.29, 1.82) is 0 Å². The highest BCUT2D eigenvalue weighted by molar-refractivity contribution is 6.34. The van der Waals surface area contributed by atoms with Crippen LogP contribution >= 0.6 is 0 Å². The van der Waals surface area contributed by atoms with Crippen molar-refractivity contribution in [1.82, 2.24) is 9.97 Å². The third-order valence-corrected chi connectivity index (χ3v) is 6.71. The zero-order valence-corrected chi connectivity index (χ0v) is 23.6. The molecule has 6 aromatic rings. The highest BCUT2D eigenvalue weighted by Gasteiger charge is 2.34. The van der Waals surface area contributed by atoms with Gasteiger partial charge in [0.25, 0.3) is 0 Å². The normalized spacial score (nSPS) is 11.6. The number of ketones is 2. The zero-order chi connectivity index (χ0) is 29.1. The Morgan fingerprint density at radius 1 is 0.425 bits per heavy atom. The number of para-hydroxylation sites is 2. The first-order chi connectivity index (χ1) is 19.5. The fraction of sp³-hybridized carbons (Fsp3) is 0.176. The lowest BCUT2D eigenvalue weighted by atomic mass is 9.81. The molecular formula is C34H32N2O4. The summed E-state index contributed by atoms with van der Waals surface area (Å²) in [5.41, 5.74) is 2.24. The van der Waals surface area contributed by atoms with Gasteiger partial charge in [0, 0.05) is 43.7 Å². The summed E-state index contributed by atoms with van der Waals surface area (Å²) >= 11 is 0. The second-order valence-corrected chi connectivity index (χ2v) is 8.48. The number of pyridine rings is 2. The molecule has 6 nitrogen and oxygen atoms in total. The van der Waals surface area contributed by atoms with Gasteiger partial charge in [-0.25, -0.2) is 0 Å². The number of aromatic amines is 2. The number of benzene rings is 4. The Labute approximate surface area is 231 Å². The van der Waals surface area contributed by atoms with Crippen molar-refractivity contribution >= 4 is 55.2 Å². The monoisotopic (exact) mass is 532 g/mol. The van der Waals surface area contributed by atoms with E-state index in [1.807, 2.05) is 41.5 Å². The van der Waals surface area contributed by atoms with E-state index in [-0.39, 0.29) is 44.7 Å². The third kappa shape index (κ3) is 4.13. The fourth-order valence-electron chi connectivity index (χ4n) is 5.10. The Balaban J connectivity index is 0.000000580. The zero-order valence-electron chi connectivity index (χ0n) is 23.6. The van der Waals surface area contributed by atoms with Crippen LogP contribution in [0.3, 0.4) is 0 Å². The van der Waals surface area contributed by atoms with Crippen molar-refractivity contribution in [2.75, 3.05) is 0 Å². The largest absolute Gasteiger partial charge is 0.354 e. The number of H-pyrrole nitrogens is 2. The predicted octanol–water partition coefficient (Wildman–Crippen LogP) is 7.53. The van der Waals surface area contributed by atoms with Crippen LogP contribution in [0.1, 0.15) is 73.4 Å². The summed E-state index contributed by atoms with van der Waals surface area (Å²) in [5, 5.41) is 1.73. The van der Waals surface area contributed by atoms with Gasteiger partial charge in [-0.1, -0.05) is 65.8 Å². The van der Waals surface area contributed by atoms with Gasteiger partial charge in [-0.3, -0.25) is 19.2 Å². The van der Waals surface area contributed by atoms with Crippen LogP contribution in [0.2, 0.25) is 0 Å². The summed E-state index contributed by atoms with van der Waals surface area (Å²) in [6.07, 6.45) is 0. The molecule has 0 bridgehead atoms. The van der Waals surface area contributed by atoms with Gasteiger partial charge >= 0.3 is 0 Å². The summed E-state index contributed by atoms with van der Waals surface area (Å²) in [5.74, 6) is -0.728. The number of aromatic nitrogens is 2. The average molecular weight is 533 g/mol. The molecule has 2 N–H and O–H groups in total. The summed E-state index contributed by atoms with van der Waals surface area (Å²) in [6.45, 7) is 12.0. The first-order valence-electron chi connectivity index (χ1n) is 13.8. The fourth-order valence-corrected chi connectivity index (χ4v) is 5.10. The molecule has 0 spiro atoms. The van der Waals surface area contributed by atoms with Gasteiger partial charge in [0.15, 0.2) is 22.4 Å². The van der Waals surface area contributed by atoms with E-state index in [0.29, 0.717) is 43.6 Å². The topological polar surface area (TPSA) is 99.9 Å². The quantitative estimate of drug-likeness (QED) is 0.197. The van der Waals surface area contributed by atoms with Gasteiger partial charge in [-0.2, -0.15) is 0 Å². The Bertz CT molecular complexity index is 1900. The van der Waals surface area contributed by atoms with Crippen LogP contribution in [0.15, 0.2) is 82.4 Å². The van der Waals surface area contributed by atoms with Gasteiger partial charge in [0.2, 0.25) is 0 Å². The van der Waals surface area contributed by atoms with Crippen LogP contribution in [-0.4, -0.2) is 21.5 Å². The SMILES string of the molecule is CC.CC.CC.O=C1c2ccc3c(=O)c4ccccc4[nH]c3c2C(=O)c2ccc3c(=O)c4ccccc4[nH]c3c21. The number of carbonyl (C=O) groups excluding carboxylic acids is 2. The van der Waals surface area contributed by atoms with Crippen LogP contribution in [0.4, 0.5) is 0 Å². The molecule has 0 radical (unpaired) electrons. The number of hydrogen-bond donors (Lipinski definition) is 2. The average Bonchev–Trinajstić information content (AvgIpc) is 3.02. The molecule has 0 saturated heterocycles. The highest BCUT2D eigenvalue weighted by Crippen LogP contribution is 2.34. The first kappa shape index (κ1) is 28.2. The van der Waals surface area contributed by atoms with Gasteiger partial charge in [0.1, 0.15) is 0 Å². The Morgan fingerprint density at radius 2 is 0.775 bits per heavy atom. The third-order valence-electron chi connectivity index (χ3n) is 6.71. The van der Waals surface area contributed by atoms with Crippen molar-refractivity contribution in [3.05, 3.63) is 115 Å².